The fraction of sp³-hybridized carbons (Fsp3) is 0.182. The van der Waals surface area contributed by atoms with Gasteiger partial charge in [0, 0.05) is 19.0 Å². The van der Waals surface area contributed by atoms with Crippen LogP contribution in [0.4, 0.5) is 5.69 Å². The summed E-state index contributed by atoms with van der Waals surface area (Å²) >= 11 is 0. The molecule has 0 aliphatic carbocycles. The zero-order chi connectivity index (χ0) is 18.6. The quantitative estimate of drug-likeness (QED) is 0.760. The zero-order valence-electron chi connectivity index (χ0n) is 14.8. The van der Waals surface area contributed by atoms with Gasteiger partial charge in [-0.05, 0) is 36.2 Å². The van der Waals surface area contributed by atoms with Gasteiger partial charge in [-0.15, -0.1) is 0 Å². The van der Waals surface area contributed by atoms with E-state index in [0.29, 0.717) is 30.3 Å². The van der Waals surface area contributed by atoms with Gasteiger partial charge >= 0.3 is 0 Å². The molecule has 2 heterocycles. The Bertz CT molecular complexity index is 935. The van der Waals surface area contributed by atoms with Crippen LogP contribution in [0.3, 0.4) is 0 Å². The second kappa shape index (κ2) is 7.50. The number of likely N-dealkylation sites (tertiary alicyclic amines) is 1. The molecule has 0 radical (unpaired) electrons. The van der Waals surface area contributed by atoms with Crippen LogP contribution in [0.5, 0.6) is 0 Å². The lowest BCUT2D eigenvalue weighted by Gasteiger charge is -2.19. The van der Waals surface area contributed by atoms with Crippen molar-refractivity contribution in [3.63, 3.8) is 0 Å². The van der Waals surface area contributed by atoms with Crippen LogP contribution in [-0.2, 0) is 0 Å². The van der Waals surface area contributed by atoms with Crippen LogP contribution < -0.4 is 5.32 Å². The molecule has 5 nitrogen and oxygen atoms in total. The molecule has 2 amide bonds. The van der Waals surface area contributed by atoms with Crippen molar-refractivity contribution in [2.45, 2.75) is 12.3 Å². The Labute approximate surface area is 157 Å². The van der Waals surface area contributed by atoms with E-state index in [2.05, 4.69) is 17.4 Å². The number of rotatable bonds is 4. The first-order chi connectivity index (χ1) is 13.2. The van der Waals surface area contributed by atoms with Crippen molar-refractivity contribution in [2.24, 2.45) is 0 Å². The highest BCUT2D eigenvalue weighted by molar-refractivity contribution is 6.07. The summed E-state index contributed by atoms with van der Waals surface area (Å²) in [6.45, 7) is 1.39. The number of anilines is 1. The second-order valence-corrected chi connectivity index (χ2v) is 6.62. The lowest BCUT2D eigenvalue weighted by atomic mass is 9.99. The maximum absolute atomic E-state index is 13.1. The molecule has 3 aromatic rings. The molecule has 0 spiro atoms. The van der Waals surface area contributed by atoms with E-state index in [9.17, 15) is 9.59 Å². The van der Waals surface area contributed by atoms with Crippen molar-refractivity contribution in [3.05, 3.63) is 89.9 Å². The molecule has 1 aliphatic heterocycles. The highest BCUT2D eigenvalue weighted by Gasteiger charge is 2.29. The van der Waals surface area contributed by atoms with Crippen LogP contribution in [0.1, 0.15) is 38.8 Å². The van der Waals surface area contributed by atoms with Gasteiger partial charge in [0.05, 0.1) is 17.5 Å². The van der Waals surface area contributed by atoms with Gasteiger partial charge in [0.15, 0.2) is 5.76 Å². The Balaban J connectivity index is 1.50. The molecule has 1 aromatic heterocycles. The molecule has 0 bridgehead atoms. The number of nitrogens with zero attached hydrogens (tertiary/aromatic N) is 1. The molecule has 0 saturated carbocycles. The average Bonchev–Trinajstić information content (AvgIpc) is 3.41. The summed E-state index contributed by atoms with van der Waals surface area (Å²) in [7, 11) is 0. The highest BCUT2D eigenvalue weighted by Crippen LogP contribution is 2.29. The largest absolute Gasteiger partial charge is 0.459 e. The van der Waals surface area contributed by atoms with E-state index in [1.54, 1.807) is 36.4 Å². The zero-order valence-corrected chi connectivity index (χ0v) is 14.8. The summed E-state index contributed by atoms with van der Waals surface area (Å²) in [5.74, 6) is 0.121. The van der Waals surface area contributed by atoms with E-state index in [0.717, 1.165) is 6.42 Å². The lowest BCUT2D eigenvalue weighted by Crippen LogP contribution is -2.29. The summed E-state index contributed by atoms with van der Waals surface area (Å²) < 4.78 is 5.12. The molecule has 1 N–H and O–H groups in total. The fourth-order valence-electron chi connectivity index (χ4n) is 3.48. The molecule has 5 heteroatoms. The van der Waals surface area contributed by atoms with Crippen LogP contribution in [0.2, 0.25) is 0 Å². The van der Waals surface area contributed by atoms with Crippen molar-refractivity contribution in [1.82, 2.24) is 4.90 Å². The number of hydrogen-bond donors (Lipinski definition) is 1. The molecule has 1 aliphatic rings. The van der Waals surface area contributed by atoms with Crippen LogP contribution >= 0.6 is 0 Å². The Kier molecular flexibility index (Phi) is 4.75. The second-order valence-electron chi connectivity index (χ2n) is 6.62. The number of para-hydroxylation sites is 1. The number of hydrogen-bond acceptors (Lipinski definition) is 3. The molecule has 1 unspecified atom stereocenters. The third-order valence-electron chi connectivity index (χ3n) is 4.90. The highest BCUT2D eigenvalue weighted by atomic mass is 16.3. The molecule has 136 valence electrons. The number of nitrogens with one attached hydrogen (secondary N) is 1. The van der Waals surface area contributed by atoms with Gasteiger partial charge in [-0.25, -0.2) is 0 Å². The molecule has 27 heavy (non-hydrogen) atoms. The molecule has 4 rings (SSSR count). The van der Waals surface area contributed by atoms with Gasteiger partial charge in [0.1, 0.15) is 0 Å². The Morgan fingerprint density at radius 2 is 1.74 bits per heavy atom. The van der Waals surface area contributed by atoms with Gasteiger partial charge in [0.2, 0.25) is 0 Å². The third-order valence-corrected chi connectivity index (χ3v) is 4.90. The van der Waals surface area contributed by atoms with Crippen LogP contribution in [0, 0.1) is 0 Å². The number of carbonyl (C=O) groups is 2. The van der Waals surface area contributed by atoms with Crippen LogP contribution in [0.15, 0.2) is 77.4 Å². The van der Waals surface area contributed by atoms with Crippen molar-refractivity contribution >= 4 is 17.5 Å². The summed E-state index contributed by atoms with van der Waals surface area (Å²) in [5, 5.41) is 2.78. The number of carbonyl (C=O) groups excluding carboxylic acids is 2. The maximum Gasteiger partial charge on any atom is 0.291 e. The minimum absolute atomic E-state index is 0.0659. The SMILES string of the molecule is O=C(Nc1ccccc1C(=O)N1CCC(c2ccccc2)C1)c1ccco1. The van der Waals surface area contributed by atoms with Crippen molar-refractivity contribution in [3.8, 4) is 0 Å². The van der Waals surface area contributed by atoms with Crippen LogP contribution in [-0.4, -0.2) is 29.8 Å². The smallest absolute Gasteiger partial charge is 0.291 e. The number of amides is 2. The topological polar surface area (TPSA) is 62.6 Å². The van der Waals surface area contributed by atoms with Gasteiger partial charge in [-0.2, -0.15) is 0 Å². The van der Waals surface area contributed by atoms with Crippen molar-refractivity contribution < 1.29 is 14.0 Å². The molecule has 1 atom stereocenters. The minimum atomic E-state index is -0.371. The third kappa shape index (κ3) is 3.62. The summed E-state index contributed by atoms with van der Waals surface area (Å²) in [5.41, 5.74) is 2.24. The minimum Gasteiger partial charge on any atom is -0.459 e. The first-order valence-corrected chi connectivity index (χ1v) is 9.00. The molecule has 2 aromatic carbocycles. The van der Waals surface area contributed by atoms with E-state index in [1.807, 2.05) is 23.1 Å². The van der Waals surface area contributed by atoms with E-state index in [1.165, 1.54) is 11.8 Å². The predicted octanol–water partition coefficient (Wildman–Crippen LogP) is 4.16. The van der Waals surface area contributed by atoms with Crippen molar-refractivity contribution in [1.29, 1.82) is 0 Å². The molecule has 1 fully saturated rings. The molecular formula is C22H20N2O3. The normalized spacial score (nSPS) is 16.3. The average molecular weight is 360 g/mol. The van der Waals surface area contributed by atoms with Gasteiger partial charge in [-0.1, -0.05) is 42.5 Å². The molecule has 1 saturated heterocycles. The monoisotopic (exact) mass is 360 g/mol. The Morgan fingerprint density at radius 3 is 2.52 bits per heavy atom. The van der Waals surface area contributed by atoms with E-state index in [4.69, 9.17) is 4.42 Å². The van der Waals surface area contributed by atoms with Gasteiger partial charge in [-0.3, -0.25) is 9.59 Å². The summed E-state index contributed by atoms with van der Waals surface area (Å²) in [4.78, 5) is 27.2. The van der Waals surface area contributed by atoms with Crippen LogP contribution in [0.25, 0.3) is 0 Å². The molecular weight excluding hydrogens is 340 g/mol. The van der Waals surface area contributed by atoms with Gasteiger partial charge in [0.25, 0.3) is 11.8 Å². The van der Waals surface area contributed by atoms with Gasteiger partial charge < -0.3 is 14.6 Å². The lowest BCUT2D eigenvalue weighted by molar-refractivity contribution is 0.0792. The van der Waals surface area contributed by atoms with E-state index in [-0.39, 0.29) is 17.6 Å². The predicted molar refractivity (Wildman–Crippen MR) is 103 cm³/mol. The van der Waals surface area contributed by atoms with E-state index < -0.39 is 0 Å². The summed E-state index contributed by atoms with van der Waals surface area (Å²) in [6, 6.07) is 20.6. The Morgan fingerprint density at radius 1 is 0.963 bits per heavy atom. The number of benzene rings is 2. The fourth-order valence-corrected chi connectivity index (χ4v) is 3.48. The Hall–Kier alpha value is -3.34. The standard InChI is InChI=1S/C22H20N2O3/c25-21(20-11-6-14-27-20)23-19-10-5-4-9-18(19)22(26)24-13-12-17(15-24)16-7-2-1-3-8-16/h1-11,14,17H,12-13,15H2,(H,23,25). The summed E-state index contributed by atoms with van der Waals surface area (Å²) in [6.07, 6.45) is 2.39. The first kappa shape index (κ1) is 17.1. The number of furan rings is 1. The van der Waals surface area contributed by atoms with Crippen molar-refractivity contribution in [2.75, 3.05) is 18.4 Å². The first-order valence-electron chi connectivity index (χ1n) is 9.00. The maximum atomic E-state index is 13.1. The van der Waals surface area contributed by atoms with E-state index >= 15 is 0 Å².